The second-order valence-corrected chi connectivity index (χ2v) is 6.50. The molecule has 142 valence electrons. The molecule has 0 atom stereocenters. The van der Waals surface area contributed by atoms with Crippen LogP contribution in [0, 0.1) is 0 Å². The molecule has 1 aliphatic rings. The molecule has 6 heteroatoms. The SMILES string of the molecule is O=C(CNC(=O)c1ccc2ccccc2c1)Nc1ccc2c(c1)OCCCO2. The van der Waals surface area contributed by atoms with Crippen LogP contribution < -0.4 is 20.1 Å². The van der Waals surface area contributed by atoms with E-state index in [0.29, 0.717) is 36.0 Å². The van der Waals surface area contributed by atoms with Gasteiger partial charge in [-0.25, -0.2) is 0 Å². The molecule has 0 radical (unpaired) electrons. The highest BCUT2D eigenvalue weighted by Gasteiger charge is 2.13. The largest absolute Gasteiger partial charge is 0.490 e. The van der Waals surface area contributed by atoms with Crippen LogP contribution in [0.1, 0.15) is 16.8 Å². The number of carbonyl (C=O) groups is 2. The molecule has 2 amide bonds. The van der Waals surface area contributed by atoms with Gasteiger partial charge in [0.1, 0.15) is 0 Å². The highest BCUT2D eigenvalue weighted by Crippen LogP contribution is 2.32. The Morgan fingerprint density at radius 3 is 2.50 bits per heavy atom. The fraction of sp³-hybridized carbons (Fsp3) is 0.182. The number of rotatable bonds is 4. The lowest BCUT2D eigenvalue weighted by Crippen LogP contribution is -2.32. The maximum Gasteiger partial charge on any atom is 0.251 e. The fourth-order valence-corrected chi connectivity index (χ4v) is 3.04. The van der Waals surface area contributed by atoms with Crippen LogP contribution in [0.2, 0.25) is 0 Å². The van der Waals surface area contributed by atoms with E-state index in [0.717, 1.165) is 17.2 Å². The van der Waals surface area contributed by atoms with Gasteiger partial charge in [-0.05, 0) is 35.0 Å². The highest BCUT2D eigenvalue weighted by atomic mass is 16.5. The summed E-state index contributed by atoms with van der Waals surface area (Å²) in [6.07, 6.45) is 0.817. The van der Waals surface area contributed by atoms with Gasteiger partial charge in [0.2, 0.25) is 5.91 Å². The Bertz CT molecular complexity index is 1030. The number of amides is 2. The maximum atomic E-state index is 12.3. The molecule has 1 heterocycles. The molecule has 0 saturated carbocycles. The quantitative estimate of drug-likeness (QED) is 0.732. The Kier molecular flexibility index (Phi) is 5.10. The van der Waals surface area contributed by atoms with E-state index in [-0.39, 0.29) is 18.4 Å². The number of anilines is 1. The van der Waals surface area contributed by atoms with Crippen LogP contribution in [0.5, 0.6) is 11.5 Å². The Labute approximate surface area is 162 Å². The second kappa shape index (κ2) is 8.00. The standard InChI is InChI=1S/C22H20N2O4/c25-21(24-18-8-9-19-20(13-18)28-11-3-10-27-19)14-23-22(26)17-7-6-15-4-1-2-5-16(15)12-17/h1-2,4-9,12-13H,3,10-11,14H2,(H,23,26)(H,24,25). The molecule has 4 rings (SSSR count). The topological polar surface area (TPSA) is 76.7 Å². The first-order valence-corrected chi connectivity index (χ1v) is 9.15. The van der Waals surface area contributed by atoms with Gasteiger partial charge in [0.15, 0.2) is 11.5 Å². The van der Waals surface area contributed by atoms with Crippen LogP contribution in [-0.4, -0.2) is 31.6 Å². The third-order valence-electron chi connectivity index (χ3n) is 4.45. The number of nitrogens with one attached hydrogen (secondary N) is 2. The van der Waals surface area contributed by atoms with Crippen LogP contribution in [0.3, 0.4) is 0 Å². The Balaban J connectivity index is 1.36. The van der Waals surface area contributed by atoms with E-state index in [1.165, 1.54) is 0 Å². The summed E-state index contributed by atoms with van der Waals surface area (Å²) in [5, 5.41) is 7.45. The molecule has 0 aromatic heterocycles. The third kappa shape index (κ3) is 4.06. The van der Waals surface area contributed by atoms with E-state index in [4.69, 9.17) is 9.47 Å². The van der Waals surface area contributed by atoms with E-state index < -0.39 is 0 Å². The minimum absolute atomic E-state index is 0.125. The number of hydrogen-bond donors (Lipinski definition) is 2. The van der Waals surface area contributed by atoms with Crippen molar-refractivity contribution < 1.29 is 19.1 Å². The van der Waals surface area contributed by atoms with Crippen LogP contribution in [0.4, 0.5) is 5.69 Å². The summed E-state index contributed by atoms with van der Waals surface area (Å²) in [6, 6.07) is 18.5. The van der Waals surface area contributed by atoms with Crippen molar-refractivity contribution in [3.05, 3.63) is 66.2 Å². The molecule has 2 N–H and O–H groups in total. The molecule has 6 nitrogen and oxygen atoms in total. The van der Waals surface area contributed by atoms with Gasteiger partial charge in [-0.1, -0.05) is 30.3 Å². The minimum Gasteiger partial charge on any atom is -0.490 e. The molecular formula is C22H20N2O4. The zero-order valence-corrected chi connectivity index (χ0v) is 15.2. The summed E-state index contributed by atoms with van der Waals surface area (Å²) in [5.41, 5.74) is 1.11. The monoisotopic (exact) mass is 376 g/mol. The van der Waals surface area contributed by atoms with Crippen molar-refractivity contribution in [2.45, 2.75) is 6.42 Å². The van der Waals surface area contributed by atoms with Crippen LogP contribution in [0.25, 0.3) is 10.8 Å². The zero-order chi connectivity index (χ0) is 19.3. The first-order chi connectivity index (χ1) is 13.7. The van der Waals surface area contributed by atoms with E-state index in [2.05, 4.69) is 10.6 Å². The molecule has 0 unspecified atom stereocenters. The lowest BCUT2D eigenvalue weighted by molar-refractivity contribution is -0.115. The first-order valence-electron chi connectivity index (χ1n) is 9.15. The van der Waals surface area contributed by atoms with Crippen molar-refractivity contribution in [1.82, 2.24) is 5.32 Å². The number of fused-ring (bicyclic) bond motifs is 2. The van der Waals surface area contributed by atoms with Gasteiger partial charge >= 0.3 is 0 Å². The second-order valence-electron chi connectivity index (χ2n) is 6.50. The molecule has 0 aliphatic carbocycles. The fourth-order valence-electron chi connectivity index (χ4n) is 3.04. The van der Waals surface area contributed by atoms with E-state index in [9.17, 15) is 9.59 Å². The van der Waals surface area contributed by atoms with Gasteiger partial charge in [-0.3, -0.25) is 9.59 Å². The first kappa shape index (κ1) is 17.9. The van der Waals surface area contributed by atoms with Crippen molar-refractivity contribution in [3.8, 4) is 11.5 Å². The molecule has 0 saturated heterocycles. The Hall–Kier alpha value is -3.54. The predicted octanol–water partition coefficient (Wildman–Crippen LogP) is 3.37. The number of hydrogen-bond acceptors (Lipinski definition) is 4. The average Bonchev–Trinajstić information content (AvgIpc) is 2.96. The smallest absolute Gasteiger partial charge is 0.251 e. The van der Waals surface area contributed by atoms with Gasteiger partial charge in [0.25, 0.3) is 5.91 Å². The average molecular weight is 376 g/mol. The summed E-state index contributed by atoms with van der Waals surface area (Å²) in [5.74, 6) is 0.666. The molecule has 3 aromatic carbocycles. The van der Waals surface area contributed by atoms with Crippen molar-refractivity contribution in [2.75, 3.05) is 25.1 Å². The third-order valence-corrected chi connectivity index (χ3v) is 4.45. The van der Waals surface area contributed by atoms with Crippen LogP contribution in [0.15, 0.2) is 60.7 Å². The van der Waals surface area contributed by atoms with Crippen molar-refractivity contribution in [1.29, 1.82) is 0 Å². The normalized spacial score (nSPS) is 12.9. The van der Waals surface area contributed by atoms with Gasteiger partial charge in [-0.15, -0.1) is 0 Å². The molecular weight excluding hydrogens is 356 g/mol. The summed E-state index contributed by atoms with van der Waals surface area (Å²) in [6.45, 7) is 1.06. The van der Waals surface area contributed by atoms with Crippen molar-refractivity contribution in [3.63, 3.8) is 0 Å². The lowest BCUT2D eigenvalue weighted by Gasteiger charge is -2.11. The maximum absolute atomic E-state index is 12.3. The minimum atomic E-state index is -0.316. The number of benzene rings is 3. The summed E-state index contributed by atoms with van der Waals surface area (Å²) < 4.78 is 11.2. The van der Waals surface area contributed by atoms with Crippen molar-refractivity contribution >= 4 is 28.3 Å². The van der Waals surface area contributed by atoms with Gasteiger partial charge in [0, 0.05) is 23.7 Å². The zero-order valence-electron chi connectivity index (χ0n) is 15.2. The number of carbonyl (C=O) groups excluding carboxylic acids is 2. The Morgan fingerprint density at radius 1 is 0.857 bits per heavy atom. The van der Waals surface area contributed by atoms with Crippen LogP contribution >= 0.6 is 0 Å². The molecule has 1 aliphatic heterocycles. The van der Waals surface area contributed by atoms with E-state index in [1.807, 2.05) is 36.4 Å². The molecule has 3 aromatic rings. The Morgan fingerprint density at radius 2 is 1.64 bits per heavy atom. The van der Waals surface area contributed by atoms with E-state index >= 15 is 0 Å². The molecule has 0 spiro atoms. The number of ether oxygens (including phenoxy) is 2. The van der Waals surface area contributed by atoms with Gasteiger partial charge in [0.05, 0.1) is 19.8 Å². The molecule has 0 fully saturated rings. The predicted molar refractivity (Wildman–Crippen MR) is 107 cm³/mol. The summed E-state index contributed by atoms with van der Waals surface area (Å²) in [7, 11) is 0. The van der Waals surface area contributed by atoms with E-state index in [1.54, 1.807) is 24.3 Å². The lowest BCUT2D eigenvalue weighted by atomic mass is 10.1. The highest BCUT2D eigenvalue weighted by molar-refractivity contribution is 6.01. The summed E-state index contributed by atoms with van der Waals surface area (Å²) >= 11 is 0. The van der Waals surface area contributed by atoms with Gasteiger partial charge < -0.3 is 20.1 Å². The van der Waals surface area contributed by atoms with Gasteiger partial charge in [-0.2, -0.15) is 0 Å². The molecule has 28 heavy (non-hydrogen) atoms. The van der Waals surface area contributed by atoms with Crippen LogP contribution in [-0.2, 0) is 4.79 Å². The summed E-state index contributed by atoms with van der Waals surface area (Å²) in [4.78, 5) is 24.5. The van der Waals surface area contributed by atoms with Crippen molar-refractivity contribution in [2.24, 2.45) is 0 Å². The molecule has 0 bridgehead atoms.